The average Bonchev–Trinajstić information content (AvgIpc) is 3.09. The molecule has 2 aromatic carbocycles. The van der Waals surface area contributed by atoms with Gasteiger partial charge in [-0.3, -0.25) is 4.90 Å². The number of hydrogen-bond acceptors (Lipinski definition) is 5. The maximum atomic E-state index is 6.53. The van der Waals surface area contributed by atoms with Crippen LogP contribution in [-0.2, 0) is 4.74 Å². The second-order valence-electron chi connectivity index (χ2n) is 7.63. The van der Waals surface area contributed by atoms with Gasteiger partial charge < -0.3 is 10.1 Å². The van der Waals surface area contributed by atoms with Crippen molar-refractivity contribution in [2.75, 3.05) is 38.2 Å². The Morgan fingerprint density at radius 1 is 1.07 bits per heavy atom. The maximum Gasteiger partial charge on any atom is 0.176 e. The zero-order chi connectivity index (χ0) is 20.5. The van der Waals surface area contributed by atoms with E-state index < -0.39 is 0 Å². The Bertz CT molecular complexity index is 1170. The van der Waals surface area contributed by atoms with Gasteiger partial charge in [-0.05, 0) is 24.6 Å². The Labute approximate surface area is 180 Å². The van der Waals surface area contributed by atoms with Crippen molar-refractivity contribution in [1.82, 2.24) is 19.5 Å². The SMILES string of the molecule is Cc1nn2c(nc(N[C@H](CN3CCOCC3)c3ccccc3)c3ccccc32)c1Cl. The molecule has 3 heterocycles. The standard InChI is InChI=1S/C23H24ClN5O/c1-16-21(24)23-26-22(18-9-5-6-10-20(18)29(23)27-16)25-19(17-7-3-2-4-8-17)15-28-11-13-30-14-12-28/h2-10,19H,11-15H2,1H3,(H,25,26)/t19-/m1/s1. The highest BCUT2D eigenvalue weighted by molar-refractivity contribution is 6.34. The number of hydrogen-bond donors (Lipinski definition) is 1. The van der Waals surface area contributed by atoms with Gasteiger partial charge in [0, 0.05) is 25.0 Å². The number of halogens is 1. The van der Waals surface area contributed by atoms with Crippen molar-refractivity contribution in [3.63, 3.8) is 0 Å². The summed E-state index contributed by atoms with van der Waals surface area (Å²) in [6, 6.07) is 18.8. The highest BCUT2D eigenvalue weighted by Gasteiger charge is 2.21. The molecule has 7 heteroatoms. The fourth-order valence-corrected chi connectivity index (χ4v) is 4.18. The lowest BCUT2D eigenvalue weighted by Crippen LogP contribution is -2.40. The first kappa shape index (κ1) is 19.3. The van der Waals surface area contributed by atoms with E-state index in [-0.39, 0.29) is 6.04 Å². The van der Waals surface area contributed by atoms with Gasteiger partial charge in [-0.1, -0.05) is 54.1 Å². The van der Waals surface area contributed by atoms with Crippen LogP contribution in [-0.4, -0.2) is 52.3 Å². The van der Waals surface area contributed by atoms with Gasteiger partial charge in [-0.15, -0.1) is 0 Å². The van der Waals surface area contributed by atoms with Crippen molar-refractivity contribution in [3.05, 3.63) is 70.9 Å². The molecule has 1 saturated heterocycles. The molecule has 0 saturated carbocycles. The van der Waals surface area contributed by atoms with Crippen LogP contribution in [0.25, 0.3) is 16.6 Å². The highest BCUT2D eigenvalue weighted by Crippen LogP contribution is 2.30. The van der Waals surface area contributed by atoms with Crippen molar-refractivity contribution in [1.29, 1.82) is 0 Å². The summed E-state index contributed by atoms with van der Waals surface area (Å²) in [6.45, 7) is 6.21. The minimum atomic E-state index is 0.0884. The normalized spacial score (nSPS) is 16.2. The van der Waals surface area contributed by atoms with Crippen molar-refractivity contribution in [2.45, 2.75) is 13.0 Å². The third-order valence-electron chi connectivity index (χ3n) is 5.63. The second kappa shape index (κ2) is 8.22. The van der Waals surface area contributed by atoms with Crippen molar-refractivity contribution >= 4 is 34.0 Å². The Hall–Kier alpha value is -2.67. The molecule has 1 atom stereocenters. The van der Waals surface area contributed by atoms with E-state index >= 15 is 0 Å². The van der Waals surface area contributed by atoms with Gasteiger partial charge in [0.05, 0.1) is 30.5 Å². The summed E-state index contributed by atoms with van der Waals surface area (Å²) in [7, 11) is 0. The molecule has 0 amide bonds. The lowest BCUT2D eigenvalue weighted by molar-refractivity contribution is 0.0361. The zero-order valence-electron chi connectivity index (χ0n) is 16.9. The first-order chi connectivity index (χ1) is 14.7. The summed E-state index contributed by atoms with van der Waals surface area (Å²) >= 11 is 6.53. The number of para-hydroxylation sites is 1. The number of nitrogens with zero attached hydrogens (tertiary/aromatic N) is 4. The molecule has 30 heavy (non-hydrogen) atoms. The van der Waals surface area contributed by atoms with E-state index in [1.54, 1.807) is 0 Å². The number of rotatable bonds is 5. The van der Waals surface area contributed by atoms with E-state index in [4.69, 9.17) is 21.3 Å². The van der Waals surface area contributed by atoms with E-state index in [2.05, 4.69) is 51.7 Å². The topological polar surface area (TPSA) is 54.7 Å². The molecule has 1 aliphatic heterocycles. The summed E-state index contributed by atoms with van der Waals surface area (Å²) < 4.78 is 7.36. The van der Waals surface area contributed by atoms with Crippen LogP contribution in [0.1, 0.15) is 17.3 Å². The third-order valence-corrected chi connectivity index (χ3v) is 6.07. The lowest BCUT2D eigenvalue weighted by atomic mass is 10.1. The third kappa shape index (κ3) is 3.62. The molecule has 0 radical (unpaired) electrons. The summed E-state index contributed by atoms with van der Waals surface area (Å²) in [5, 5.41) is 9.92. The largest absolute Gasteiger partial charge is 0.379 e. The van der Waals surface area contributed by atoms with E-state index in [1.807, 2.05) is 29.6 Å². The van der Waals surface area contributed by atoms with Crippen LogP contribution in [0.5, 0.6) is 0 Å². The molecular formula is C23H24ClN5O. The number of morpholine rings is 1. The minimum Gasteiger partial charge on any atom is -0.379 e. The molecule has 0 aliphatic carbocycles. The predicted molar refractivity (Wildman–Crippen MR) is 120 cm³/mol. The van der Waals surface area contributed by atoms with Crippen LogP contribution in [0, 0.1) is 6.92 Å². The van der Waals surface area contributed by atoms with Gasteiger partial charge in [0.2, 0.25) is 0 Å². The highest BCUT2D eigenvalue weighted by atomic mass is 35.5. The number of anilines is 1. The number of benzene rings is 2. The van der Waals surface area contributed by atoms with Crippen LogP contribution in [0.15, 0.2) is 54.6 Å². The molecule has 154 valence electrons. The Morgan fingerprint density at radius 3 is 2.60 bits per heavy atom. The number of nitrogens with one attached hydrogen (secondary N) is 1. The monoisotopic (exact) mass is 421 g/mol. The molecule has 0 bridgehead atoms. The van der Waals surface area contributed by atoms with E-state index in [9.17, 15) is 0 Å². The van der Waals surface area contributed by atoms with E-state index in [0.717, 1.165) is 55.3 Å². The first-order valence-corrected chi connectivity index (χ1v) is 10.6. The van der Waals surface area contributed by atoms with Gasteiger partial charge in [0.25, 0.3) is 0 Å². The molecule has 2 aromatic heterocycles. The van der Waals surface area contributed by atoms with Crippen LogP contribution < -0.4 is 5.32 Å². The Morgan fingerprint density at radius 2 is 1.80 bits per heavy atom. The molecule has 0 spiro atoms. The van der Waals surface area contributed by atoms with Gasteiger partial charge in [0.15, 0.2) is 5.65 Å². The van der Waals surface area contributed by atoms with Gasteiger partial charge in [0.1, 0.15) is 10.8 Å². The second-order valence-corrected chi connectivity index (χ2v) is 8.01. The summed E-state index contributed by atoms with van der Waals surface area (Å²) in [5.41, 5.74) is 3.66. The molecule has 0 unspecified atom stereocenters. The van der Waals surface area contributed by atoms with Crippen LogP contribution in [0.3, 0.4) is 0 Å². The lowest BCUT2D eigenvalue weighted by Gasteiger charge is -2.31. The van der Waals surface area contributed by atoms with Crippen LogP contribution in [0.2, 0.25) is 5.02 Å². The van der Waals surface area contributed by atoms with Crippen molar-refractivity contribution < 1.29 is 4.74 Å². The van der Waals surface area contributed by atoms with Crippen LogP contribution in [0.4, 0.5) is 5.82 Å². The number of aromatic nitrogens is 3. The molecule has 4 aromatic rings. The fourth-order valence-electron chi connectivity index (χ4n) is 4.02. The molecule has 1 N–H and O–H groups in total. The quantitative estimate of drug-likeness (QED) is 0.519. The van der Waals surface area contributed by atoms with Crippen molar-refractivity contribution in [3.8, 4) is 0 Å². The molecular weight excluding hydrogens is 398 g/mol. The smallest absolute Gasteiger partial charge is 0.176 e. The maximum absolute atomic E-state index is 6.53. The van der Waals surface area contributed by atoms with Gasteiger partial charge in [-0.25, -0.2) is 9.50 Å². The molecule has 5 rings (SSSR count). The number of aryl methyl sites for hydroxylation is 1. The van der Waals surface area contributed by atoms with E-state index in [1.165, 1.54) is 5.56 Å². The minimum absolute atomic E-state index is 0.0884. The summed E-state index contributed by atoms with van der Waals surface area (Å²) in [6.07, 6.45) is 0. The number of fused-ring (bicyclic) bond motifs is 3. The van der Waals surface area contributed by atoms with E-state index in [0.29, 0.717) is 10.7 Å². The van der Waals surface area contributed by atoms with Gasteiger partial charge >= 0.3 is 0 Å². The predicted octanol–water partition coefficient (Wildman–Crippen LogP) is 4.33. The number of ether oxygens (including phenoxy) is 1. The van der Waals surface area contributed by atoms with Crippen molar-refractivity contribution in [2.24, 2.45) is 0 Å². The first-order valence-electron chi connectivity index (χ1n) is 10.3. The molecule has 1 fully saturated rings. The Balaban J connectivity index is 1.58. The van der Waals surface area contributed by atoms with Gasteiger partial charge in [-0.2, -0.15) is 5.10 Å². The Kier molecular flexibility index (Phi) is 5.29. The fraction of sp³-hybridized carbons (Fsp3) is 0.304. The summed E-state index contributed by atoms with van der Waals surface area (Å²) in [5.74, 6) is 0.821. The molecule has 6 nitrogen and oxygen atoms in total. The average molecular weight is 422 g/mol. The van der Waals surface area contributed by atoms with Crippen LogP contribution >= 0.6 is 11.6 Å². The molecule has 1 aliphatic rings. The summed E-state index contributed by atoms with van der Waals surface area (Å²) in [4.78, 5) is 7.33. The zero-order valence-corrected chi connectivity index (χ0v) is 17.6.